The van der Waals surface area contributed by atoms with Gasteiger partial charge in [0, 0.05) is 12.1 Å². The molecule has 0 N–H and O–H groups in total. The molecular formula is C25H20N2O8S2. The molecule has 2 amide bonds. The summed E-state index contributed by atoms with van der Waals surface area (Å²) in [5, 5.41) is 10.3. The van der Waals surface area contributed by atoms with E-state index in [1.54, 1.807) is 12.1 Å². The van der Waals surface area contributed by atoms with Gasteiger partial charge in [-0.2, -0.15) is 8.42 Å². The third kappa shape index (κ3) is 5.81. The van der Waals surface area contributed by atoms with Crippen LogP contribution in [0, 0.1) is 17.0 Å². The van der Waals surface area contributed by atoms with Gasteiger partial charge in [0.15, 0.2) is 11.5 Å². The van der Waals surface area contributed by atoms with Gasteiger partial charge in [-0.05, 0) is 60.2 Å². The highest BCUT2D eigenvalue weighted by Gasteiger charge is 2.35. The number of carbonyl (C=O) groups is 2. The van der Waals surface area contributed by atoms with Gasteiger partial charge >= 0.3 is 10.1 Å². The van der Waals surface area contributed by atoms with E-state index in [4.69, 9.17) is 8.92 Å². The zero-order valence-electron chi connectivity index (χ0n) is 19.6. The van der Waals surface area contributed by atoms with Crippen molar-refractivity contribution in [2.75, 3.05) is 7.11 Å². The van der Waals surface area contributed by atoms with Gasteiger partial charge in [-0.15, -0.1) is 0 Å². The molecule has 0 atom stereocenters. The van der Waals surface area contributed by atoms with Crippen LogP contribution >= 0.6 is 11.8 Å². The van der Waals surface area contributed by atoms with Gasteiger partial charge < -0.3 is 8.92 Å². The van der Waals surface area contributed by atoms with E-state index in [0.29, 0.717) is 11.1 Å². The normalized spacial score (nSPS) is 14.8. The molecule has 37 heavy (non-hydrogen) atoms. The van der Waals surface area contributed by atoms with Crippen LogP contribution in [0.25, 0.3) is 6.08 Å². The SMILES string of the molecule is COc1cc(/C=C2\SC(=O)N(Cc3ccc([N+](=O)[O-])cc3)C2=O)ccc1OS(=O)(=O)c1ccc(C)cc1. The predicted octanol–water partition coefficient (Wildman–Crippen LogP) is 4.92. The number of methoxy groups -OCH3 is 1. The lowest BCUT2D eigenvalue weighted by atomic mass is 10.1. The molecule has 0 saturated carbocycles. The highest BCUT2D eigenvalue weighted by atomic mass is 32.2. The summed E-state index contributed by atoms with van der Waals surface area (Å²) in [6.07, 6.45) is 1.49. The molecule has 1 saturated heterocycles. The van der Waals surface area contributed by atoms with Crippen LogP contribution in [0.5, 0.6) is 11.5 Å². The van der Waals surface area contributed by atoms with E-state index in [2.05, 4.69) is 0 Å². The summed E-state index contributed by atoms with van der Waals surface area (Å²) in [5.74, 6) is -0.435. The number of non-ortho nitro benzene ring substituents is 1. The Morgan fingerprint density at radius 3 is 2.30 bits per heavy atom. The number of imide groups is 1. The minimum absolute atomic E-state index is 0.00840. The van der Waals surface area contributed by atoms with Crippen molar-refractivity contribution in [1.82, 2.24) is 4.90 Å². The van der Waals surface area contributed by atoms with Gasteiger partial charge in [0.25, 0.3) is 16.8 Å². The second kappa shape index (κ2) is 10.4. The number of hydrogen-bond acceptors (Lipinski definition) is 9. The average molecular weight is 541 g/mol. The van der Waals surface area contributed by atoms with Crippen LogP contribution in [-0.4, -0.2) is 36.5 Å². The van der Waals surface area contributed by atoms with Gasteiger partial charge in [-0.25, -0.2) is 0 Å². The molecule has 0 aromatic heterocycles. The van der Waals surface area contributed by atoms with Crippen LogP contribution in [0.1, 0.15) is 16.7 Å². The Balaban J connectivity index is 1.52. The molecule has 3 aromatic rings. The Labute approximate surface area is 216 Å². The summed E-state index contributed by atoms with van der Waals surface area (Å²) in [6.45, 7) is 1.80. The highest BCUT2D eigenvalue weighted by Crippen LogP contribution is 2.36. The number of rotatable bonds is 8. The number of amides is 2. The number of nitrogens with zero attached hydrogens (tertiary/aromatic N) is 2. The number of thioether (sulfide) groups is 1. The summed E-state index contributed by atoms with van der Waals surface area (Å²) >= 11 is 0.752. The van der Waals surface area contributed by atoms with Crippen LogP contribution in [0.3, 0.4) is 0 Å². The van der Waals surface area contributed by atoms with Gasteiger partial charge in [-0.3, -0.25) is 24.6 Å². The summed E-state index contributed by atoms with van der Waals surface area (Å²) in [7, 11) is -2.75. The lowest BCUT2D eigenvalue weighted by molar-refractivity contribution is -0.384. The van der Waals surface area contributed by atoms with Crippen molar-refractivity contribution in [2.24, 2.45) is 0 Å². The molecule has 1 heterocycles. The molecule has 0 aliphatic carbocycles. The Kier molecular flexibility index (Phi) is 7.32. The molecule has 10 nitrogen and oxygen atoms in total. The molecule has 0 bridgehead atoms. The summed E-state index contributed by atoms with van der Waals surface area (Å²) in [4.78, 5) is 36.8. The molecule has 1 aliphatic rings. The molecule has 0 radical (unpaired) electrons. The van der Waals surface area contributed by atoms with Crippen molar-refractivity contribution in [1.29, 1.82) is 0 Å². The van der Waals surface area contributed by atoms with Crippen LogP contribution in [0.15, 0.2) is 76.5 Å². The number of carbonyl (C=O) groups excluding carboxylic acids is 2. The second-order valence-corrected chi connectivity index (χ2v) is 10.5. The predicted molar refractivity (Wildman–Crippen MR) is 137 cm³/mol. The minimum Gasteiger partial charge on any atom is -0.493 e. The maximum atomic E-state index is 12.9. The van der Waals surface area contributed by atoms with Gasteiger partial charge in [0.2, 0.25) is 0 Å². The second-order valence-electron chi connectivity index (χ2n) is 7.95. The van der Waals surface area contributed by atoms with Crippen LogP contribution < -0.4 is 8.92 Å². The zero-order valence-corrected chi connectivity index (χ0v) is 21.2. The van der Waals surface area contributed by atoms with Crippen molar-refractivity contribution in [3.05, 3.63) is 98.4 Å². The monoisotopic (exact) mass is 540 g/mol. The van der Waals surface area contributed by atoms with Crippen LogP contribution in [0.4, 0.5) is 10.5 Å². The maximum Gasteiger partial charge on any atom is 0.339 e. The average Bonchev–Trinajstić information content (AvgIpc) is 3.12. The molecule has 4 rings (SSSR count). The number of ether oxygens (including phenoxy) is 1. The molecule has 190 valence electrons. The van der Waals surface area contributed by atoms with Gasteiger partial charge in [-0.1, -0.05) is 35.9 Å². The Morgan fingerprint density at radius 1 is 1.00 bits per heavy atom. The molecule has 12 heteroatoms. The number of aryl methyl sites for hydroxylation is 1. The summed E-state index contributed by atoms with van der Waals surface area (Å²) in [5.41, 5.74) is 1.86. The molecule has 0 spiro atoms. The zero-order chi connectivity index (χ0) is 26.7. The fourth-order valence-electron chi connectivity index (χ4n) is 3.41. The van der Waals surface area contributed by atoms with E-state index in [0.717, 1.165) is 22.2 Å². The van der Waals surface area contributed by atoms with E-state index >= 15 is 0 Å². The van der Waals surface area contributed by atoms with Crippen molar-refractivity contribution in [3.8, 4) is 11.5 Å². The fraction of sp³-hybridized carbons (Fsp3) is 0.120. The van der Waals surface area contributed by atoms with E-state index < -0.39 is 26.2 Å². The van der Waals surface area contributed by atoms with E-state index in [9.17, 15) is 28.1 Å². The lowest BCUT2D eigenvalue weighted by Gasteiger charge is -2.12. The van der Waals surface area contributed by atoms with Crippen LogP contribution in [0.2, 0.25) is 0 Å². The lowest BCUT2D eigenvalue weighted by Crippen LogP contribution is -2.27. The minimum atomic E-state index is -4.10. The van der Waals surface area contributed by atoms with Crippen molar-refractivity contribution >= 4 is 44.8 Å². The quantitative estimate of drug-likeness (QED) is 0.169. The topological polar surface area (TPSA) is 133 Å². The Hall–Kier alpha value is -4.16. The van der Waals surface area contributed by atoms with Gasteiger partial charge in [0.1, 0.15) is 4.90 Å². The smallest absolute Gasteiger partial charge is 0.339 e. The first-order valence-corrected chi connectivity index (χ1v) is 13.0. The Bertz CT molecular complexity index is 1520. The number of nitro groups is 1. The van der Waals surface area contributed by atoms with E-state index in [1.807, 2.05) is 6.92 Å². The number of hydrogen-bond donors (Lipinski definition) is 0. The number of benzene rings is 3. The van der Waals surface area contributed by atoms with Crippen molar-refractivity contribution < 1.29 is 31.9 Å². The fourth-order valence-corrected chi connectivity index (χ4v) is 5.19. The largest absolute Gasteiger partial charge is 0.493 e. The highest BCUT2D eigenvalue weighted by molar-refractivity contribution is 8.18. The third-order valence-corrected chi connectivity index (χ3v) is 7.51. The first-order chi connectivity index (χ1) is 17.6. The third-order valence-electron chi connectivity index (χ3n) is 5.36. The van der Waals surface area contributed by atoms with Crippen molar-refractivity contribution in [3.63, 3.8) is 0 Å². The number of nitro benzene ring substituents is 1. The first kappa shape index (κ1) is 25.9. The molecule has 1 aliphatic heterocycles. The van der Waals surface area contributed by atoms with Gasteiger partial charge in [0.05, 0.1) is 23.5 Å². The van der Waals surface area contributed by atoms with E-state index in [1.165, 1.54) is 67.8 Å². The summed E-state index contributed by atoms with van der Waals surface area (Å²) in [6, 6.07) is 16.2. The maximum absolute atomic E-state index is 12.9. The molecular weight excluding hydrogens is 520 g/mol. The molecule has 0 unspecified atom stereocenters. The first-order valence-electron chi connectivity index (χ1n) is 10.8. The summed E-state index contributed by atoms with van der Waals surface area (Å²) < 4.78 is 35.9. The van der Waals surface area contributed by atoms with Crippen LogP contribution in [-0.2, 0) is 21.5 Å². The van der Waals surface area contributed by atoms with Crippen molar-refractivity contribution in [2.45, 2.75) is 18.4 Å². The Morgan fingerprint density at radius 2 is 1.68 bits per heavy atom. The molecule has 1 fully saturated rings. The van der Waals surface area contributed by atoms with E-state index in [-0.39, 0.29) is 33.5 Å². The molecule has 3 aromatic carbocycles. The standard InChI is InChI=1S/C25H20N2O8S2/c1-16-3-10-20(11-4-16)37(32,33)35-21-12-7-18(13-22(21)34-2)14-23-24(28)26(25(29)36-23)15-17-5-8-19(9-6-17)27(30)31/h3-14H,15H2,1-2H3/b23-14-.